The lowest BCUT2D eigenvalue weighted by Crippen LogP contribution is -2.45. The van der Waals surface area contributed by atoms with E-state index in [0.717, 1.165) is 64.9 Å². The number of aromatic nitrogens is 3. The molecule has 3 heterocycles. The van der Waals surface area contributed by atoms with Gasteiger partial charge in [0.05, 0.1) is 28.4 Å². The highest BCUT2D eigenvalue weighted by Gasteiger charge is 2.21. The van der Waals surface area contributed by atoms with Crippen molar-refractivity contribution in [3.8, 4) is 16.9 Å². The molecule has 1 unspecified atom stereocenters. The zero-order valence-electron chi connectivity index (χ0n) is 20.0. The predicted molar refractivity (Wildman–Crippen MR) is 144 cm³/mol. The zero-order valence-corrected chi connectivity index (χ0v) is 20.0. The fourth-order valence-electron chi connectivity index (χ4n) is 5.14. The number of pyridine rings is 1. The van der Waals surface area contributed by atoms with Gasteiger partial charge in [-0.25, -0.2) is 9.97 Å². The van der Waals surface area contributed by atoms with Crippen LogP contribution in [0.4, 0.5) is 5.69 Å². The van der Waals surface area contributed by atoms with Crippen LogP contribution in [-0.2, 0) is 6.54 Å². The average molecular weight is 463 g/mol. The third-order valence-corrected chi connectivity index (χ3v) is 7.01. The number of imidazole rings is 1. The van der Waals surface area contributed by atoms with Crippen LogP contribution in [0.25, 0.3) is 38.9 Å². The Bertz CT molecular complexity index is 1490. The minimum absolute atomic E-state index is 0.0413. The van der Waals surface area contributed by atoms with Crippen LogP contribution < -0.4 is 16.0 Å². The van der Waals surface area contributed by atoms with E-state index in [0.29, 0.717) is 0 Å². The third-order valence-electron chi connectivity index (χ3n) is 7.01. The van der Waals surface area contributed by atoms with Crippen molar-refractivity contribution in [1.29, 1.82) is 0 Å². The predicted octanol–water partition coefficient (Wildman–Crippen LogP) is 5.24. The number of nitrogens with zero attached hydrogens (tertiary/aromatic N) is 4. The molecule has 176 valence electrons. The normalized spacial score (nSPS) is 16.3. The molecule has 0 spiro atoms. The number of benzene rings is 3. The maximum Gasteiger partial charge on any atom is 0.139 e. The van der Waals surface area contributed by atoms with Gasteiger partial charge < -0.3 is 16.0 Å². The summed E-state index contributed by atoms with van der Waals surface area (Å²) in [6.07, 6.45) is 5.27. The molecule has 1 fully saturated rings. The molecule has 6 heteroatoms. The number of piperidine rings is 1. The highest BCUT2D eigenvalue weighted by atomic mass is 15.2. The summed E-state index contributed by atoms with van der Waals surface area (Å²) in [4.78, 5) is 12.1. The Labute approximate surface area is 205 Å². The Hall–Kier alpha value is -3.74. The van der Waals surface area contributed by atoms with Gasteiger partial charge in [-0.3, -0.25) is 4.57 Å². The lowest BCUT2D eigenvalue weighted by molar-refractivity contribution is 0.471. The molecule has 0 radical (unpaired) electrons. The molecule has 3 aromatic carbocycles. The van der Waals surface area contributed by atoms with Gasteiger partial charge in [0.2, 0.25) is 0 Å². The minimum atomic E-state index is 0.0413. The molecule has 35 heavy (non-hydrogen) atoms. The van der Waals surface area contributed by atoms with Gasteiger partial charge in [0.25, 0.3) is 0 Å². The van der Waals surface area contributed by atoms with Crippen LogP contribution in [0.1, 0.15) is 24.8 Å². The summed E-state index contributed by atoms with van der Waals surface area (Å²) in [6.45, 7) is 1.84. The van der Waals surface area contributed by atoms with E-state index < -0.39 is 0 Å². The summed E-state index contributed by atoms with van der Waals surface area (Å²) in [7, 11) is 1.96. The van der Waals surface area contributed by atoms with Crippen molar-refractivity contribution in [2.75, 3.05) is 18.5 Å². The summed E-state index contributed by atoms with van der Waals surface area (Å²) in [5.74, 6) is 0.863. The van der Waals surface area contributed by atoms with Gasteiger partial charge in [-0.2, -0.15) is 0 Å². The third kappa shape index (κ3) is 4.05. The maximum atomic E-state index is 6.47. The van der Waals surface area contributed by atoms with Gasteiger partial charge in [0.15, 0.2) is 0 Å². The molecule has 5 aromatic rings. The molecule has 3 N–H and O–H groups in total. The zero-order chi connectivity index (χ0) is 23.8. The highest BCUT2D eigenvalue weighted by Crippen LogP contribution is 2.31. The standard InChI is InChI=1S/C29H30N6/c1-31-18-20-8-10-21(11-9-20)23-12-14-25-24(17-23)32-19-35(25)28-15-13-22-5-4-6-26(29(22)33-28)34-16-3-2-7-27(34)30/h4-6,8-15,17,19,27,31H,2-3,7,16,18,30H2,1H3. The first-order valence-corrected chi connectivity index (χ1v) is 12.3. The van der Waals surface area contributed by atoms with Crippen molar-refractivity contribution in [3.05, 3.63) is 84.7 Å². The summed E-state index contributed by atoms with van der Waals surface area (Å²) in [6, 6.07) is 25.7. The molecule has 0 bridgehead atoms. The van der Waals surface area contributed by atoms with Crippen LogP contribution in [0.5, 0.6) is 0 Å². The first-order valence-electron chi connectivity index (χ1n) is 12.3. The Morgan fingerprint density at radius 1 is 0.971 bits per heavy atom. The van der Waals surface area contributed by atoms with E-state index in [1.807, 2.05) is 13.4 Å². The van der Waals surface area contributed by atoms with Crippen molar-refractivity contribution in [2.45, 2.75) is 32.0 Å². The monoisotopic (exact) mass is 462 g/mol. The Kier molecular flexibility index (Phi) is 5.68. The highest BCUT2D eigenvalue weighted by molar-refractivity contribution is 5.92. The van der Waals surface area contributed by atoms with Crippen LogP contribution in [0.3, 0.4) is 0 Å². The van der Waals surface area contributed by atoms with Crippen molar-refractivity contribution in [1.82, 2.24) is 19.9 Å². The van der Waals surface area contributed by atoms with Crippen LogP contribution in [0.2, 0.25) is 0 Å². The van der Waals surface area contributed by atoms with Gasteiger partial charge in [-0.05, 0) is 73.3 Å². The lowest BCUT2D eigenvalue weighted by Gasteiger charge is -2.35. The molecule has 1 aliphatic heterocycles. The average Bonchev–Trinajstić information content (AvgIpc) is 3.32. The number of nitrogens with one attached hydrogen (secondary N) is 1. The summed E-state index contributed by atoms with van der Waals surface area (Å²) >= 11 is 0. The Morgan fingerprint density at radius 2 is 1.83 bits per heavy atom. The molecule has 1 atom stereocenters. The van der Waals surface area contributed by atoms with E-state index in [2.05, 4.69) is 87.6 Å². The fourth-order valence-corrected chi connectivity index (χ4v) is 5.14. The van der Waals surface area contributed by atoms with Crippen molar-refractivity contribution in [2.24, 2.45) is 5.73 Å². The SMILES string of the molecule is CNCc1ccc(-c2ccc3c(c2)ncn3-c2ccc3cccc(N4CCCCC4N)c3n2)cc1. The minimum Gasteiger partial charge on any atom is -0.354 e. The second-order valence-corrected chi connectivity index (χ2v) is 9.32. The smallest absolute Gasteiger partial charge is 0.139 e. The largest absolute Gasteiger partial charge is 0.354 e. The lowest BCUT2D eigenvalue weighted by atomic mass is 10.0. The molecule has 6 nitrogen and oxygen atoms in total. The Morgan fingerprint density at radius 3 is 2.66 bits per heavy atom. The second kappa shape index (κ2) is 9.13. The molecule has 2 aromatic heterocycles. The van der Waals surface area contributed by atoms with Gasteiger partial charge in [0.1, 0.15) is 12.1 Å². The number of hydrogen-bond donors (Lipinski definition) is 2. The van der Waals surface area contributed by atoms with Crippen LogP contribution >= 0.6 is 0 Å². The molecular formula is C29H30N6. The molecule has 6 rings (SSSR count). The second-order valence-electron chi connectivity index (χ2n) is 9.32. The van der Waals surface area contributed by atoms with E-state index in [-0.39, 0.29) is 6.17 Å². The molecule has 0 aliphatic carbocycles. The van der Waals surface area contributed by atoms with Crippen LogP contribution in [0, 0.1) is 0 Å². The summed E-state index contributed by atoms with van der Waals surface area (Å²) in [5.41, 5.74) is 14.2. The van der Waals surface area contributed by atoms with E-state index in [1.165, 1.54) is 17.5 Å². The van der Waals surface area contributed by atoms with Crippen molar-refractivity contribution in [3.63, 3.8) is 0 Å². The first kappa shape index (κ1) is 21.8. The van der Waals surface area contributed by atoms with Gasteiger partial charge in [-0.1, -0.05) is 42.5 Å². The van der Waals surface area contributed by atoms with Gasteiger partial charge in [0, 0.05) is 18.5 Å². The molecule has 1 aliphatic rings. The van der Waals surface area contributed by atoms with E-state index >= 15 is 0 Å². The summed E-state index contributed by atoms with van der Waals surface area (Å²) < 4.78 is 2.07. The number of rotatable bonds is 5. The van der Waals surface area contributed by atoms with E-state index in [1.54, 1.807) is 0 Å². The number of fused-ring (bicyclic) bond motifs is 2. The summed E-state index contributed by atoms with van der Waals surface area (Å²) in [5, 5.41) is 4.32. The number of anilines is 1. The van der Waals surface area contributed by atoms with Crippen LogP contribution in [0.15, 0.2) is 79.1 Å². The van der Waals surface area contributed by atoms with E-state index in [4.69, 9.17) is 15.7 Å². The molecular weight excluding hydrogens is 432 g/mol. The van der Waals surface area contributed by atoms with E-state index in [9.17, 15) is 0 Å². The van der Waals surface area contributed by atoms with Gasteiger partial charge >= 0.3 is 0 Å². The quantitative estimate of drug-likeness (QED) is 0.374. The molecule has 1 saturated heterocycles. The maximum absolute atomic E-state index is 6.47. The fraction of sp³-hybridized carbons (Fsp3) is 0.241. The van der Waals surface area contributed by atoms with Crippen molar-refractivity contribution >= 4 is 27.6 Å². The van der Waals surface area contributed by atoms with Gasteiger partial charge in [-0.15, -0.1) is 0 Å². The number of nitrogens with two attached hydrogens (primary N) is 1. The first-order chi connectivity index (χ1) is 17.2. The number of hydrogen-bond acceptors (Lipinski definition) is 5. The topological polar surface area (TPSA) is 72.0 Å². The Balaban J connectivity index is 1.38. The van der Waals surface area contributed by atoms with Crippen molar-refractivity contribution < 1.29 is 0 Å². The van der Waals surface area contributed by atoms with Crippen LogP contribution in [-0.4, -0.2) is 34.3 Å². The molecule has 0 amide bonds. The molecule has 0 saturated carbocycles. The number of para-hydroxylation sites is 1.